The van der Waals surface area contributed by atoms with E-state index in [0.29, 0.717) is 19.5 Å². The van der Waals surface area contributed by atoms with Crippen LogP contribution in [0, 0.1) is 12.3 Å². The maximum Gasteiger partial charge on any atom is 0.416 e. The van der Waals surface area contributed by atoms with E-state index in [0.717, 1.165) is 17.7 Å². The van der Waals surface area contributed by atoms with Crippen LogP contribution in [0.3, 0.4) is 0 Å². The summed E-state index contributed by atoms with van der Waals surface area (Å²) in [6, 6.07) is 4.80. The number of halogens is 3. The van der Waals surface area contributed by atoms with Crippen molar-refractivity contribution in [2.75, 3.05) is 13.1 Å². The molecule has 0 fully saturated rings. The molecule has 0 radical (unpaired) electrons. The number of alkyl halides is 3. The topological polar surface area (TPSA) is 38.0 Å². The Kier molecular flexibility index (Phi) is 5.20. The summed E-state index contributed by atoms with van der Waals surface area (Å²) in [7, 11) is 0. The van der Waals surface area contributed by atoms with E-state index in [1.54, 1.807) is 0 Å². The van der Waals surface area contributed by atoms with Gasteiger partial charge in [-0.15, -0.1) is 12.3 Å². The van der Waals surface area contributed by atoms with E-state index in [1.807, 2.05) is 0 Å². The van der Waals surface area contributed by atoms with Crippen LogP contribution in [0.2, 0.25) is 0 Å². The van der Waals surface area contributed by atoms with Gasteiger partial charge in [-0.3, -0.25) is 0 Å². The largest absolute Gasteiger partial charge is 0.416 e. The Balaban J connectivity index is 2.73. The molecule has 18 heavy (non-hydrogen) atoms. The van der Waals surface area contributed by atoms with E-state index in [9.17, 15) is 13.2 Å². The van der Waals surface area contributed by atoms with Crippen LogP contribution < -0.4 is 11.1 Å². The van der Waals surface area contributed by atoms with Gasteiger partial charge < -0.3 is 11.1 Å². The molecule has 0 aliphatic rings. The molecule has 0 spiro atoms. The number of terminal acetylenes is 1. The second-order valence-corrected chi connectivity index (χ2v) is 3.82. The molecule has 0 saturated carbocycles. The van der Waals surface area contributed by atoms with Gasteiger partial charge in [0.2, 0.25) is 0 Å². The maximum absolute atomic E-state index is 12.4. The highest BCUT2D eigenvalue weighted by molar-refractivity contribution is 5.27. The first-order valence-electron chi connectivity index (χ1n) is 5.53. The number of nitrogens with one attached hydrogen (secondary N) is 1. The summed E-state index contributed by atoms with van der Waals surface area (Å²) in [5.74, 6) is 2.48. The predicted molar refractivity (Wildman–Crippen MR) is 64.7 cm³/mol. The third-order valence-corrected chi connectivity index (χ3v) is 2.54. The highest BCUT2D eigenvalue weighted by Crippen LogP contribution is 2.29. The highest BCUT2D eigenvalue weighted by atomic mass is 19.4. The quantitative estimate of drug-likeness (QED) is 0.626. The van der Waals surface area contributed by atoms with Gasteiger partial charge >= 0.3 is 6.18 Å². The highest BCUT2D eigenvalue weighted by Gasteiger charge is 2.30. The van der Waals surface area contributed by atoms with Gasteiger partial charge in [-0.05, 0) is 17.7 Å². The Morgan fingerprint density at radius 3 is 2.33 bits per heavy atom. The molecule has 5 heteroatoms. The average Bonchev–Trinajstić information content (AvgIpc) is 2.34. The fourth-order valence-electron chi connectivity index (χ4n) is 1.56. The summed E-state index contributed by atoms with van der Waals surface area (Å²) in [6.07, 6.45) is 1.36. The van der Waals surface area contributed by atoms with Crippen molar-refractivity contribution in [3.05, 3.63) is 35.4 Å². The standard InChI is InChI=1S/C13H15F3N2/c1-2-3-8-18-12(9-17)10-4-6-11(7-5-10)13(14,15)16/h1,4-7,12,18H,3,8-9,17H2. The lowest BCUT2D eigenvalue weighted by atomic mass is 10.0. The van der Waals surface area contributed by atoms with Crippen molar-refractivity contribution in [3.8, 4) is 12.3 Å². The van der Waals surface area contributed by atoms with Crippen LogP contribution in [0.25, 0.3) is 0 Å². The summed E-state index contributed by atoms with van der Waals surface area (Å²) in [6.45, 7) is 0.884. The zero-order valence-electron chi connectivity index (χ0n) is 9.80. The van der Waals surface area contributed by atoms with Crippen molar-refractivity contribution < 1.29 is 13.2 Å². The van der Waals surface area contributed by atoms with Crippen molar-refractivity contribution in [2.45, 2.75) is 18.6 Å². The SMILES string of the molecule is C#CCCNC(CN)c1ccc(C(F)(F)F)cc1. The zero-order chi connectivity index (χ0) is 13.6. The molecule has 2 nitrogen and oxygen atoms in total. The first kappa shape index (κ1) is 14.6. The van der Waals surface area contributed by atoms with Crippen LogP contribution in [0.4, 0.5) is 13.2 Å². The van der Waals surface area contributed by atoms with E-state index < -0.39 is 11.7 Å². The summed E-state index contributed by atoms with van der Waals surface area (Å²) in [5, 5.41) is 3.10. The Hall–Kier alpha value is -1.51. The molecule has 3 N–H and O–H groups in total. The molecule has 0 aliphatic carbocycles. The van der Waals surface area contributed by atoms with Crippen LogP contribution in [0.15, 0.2) is 24.3 Å². The third-order valence-electron chi connectivity index (χ3n) is 2.54. The number of nitrogens with two attached hydrogens (primary N) is 1. The van der Waals surface area contributed by atoms with Crippen LogP contribution in [0.5, 0.6) is 0 Å². The van der Waals surface area contributed by atoms with Gasteiger partial charge in [0.15, 0.2) is 0 Å². The molecule has 0 aromatic heterocycles. The molecular formula is C13H15F3N2. The number of rotatable bonds is 5. The minimum atomic E-state index is -4.31. The fraction of sp³-hybridized carbons (Fsp3) is 0.385. The molecule has 1 aromatic rings. The van der Waals surface area contributed by atoms with Crippen LogP contribution >= 0.6 is 0 Å². The van der Waals surface area contributed by atoms with Gasteiger partial charge in [-0.2, -0.15) is 13.2 Å². The maximum atomic E-state index is 12.4. The minimum Gasteiger partial charge on any atom is -0.329 e. The number of hydrogen-bond donors (Lipinski definition) is 2. The number of hydrogen-bond acceptors (Lipinski definition) is 2. The normalized spacial score (nSPS) is 13.1. The van der Waals surface area contributed by atoms with E-state index >= 15 is 0 Å². The smallest absolute Gasteiger partial charge is 0.329 e. The Labute approximate surface area is 104 Å². The van der Waals surface area contributed by atoms with Crippen molar-refractivity contribution >= 4 is 0 Å². The first-order chi connectivity index (χ1) is 8.49. The Bertz CT molecular complexity index is 404. The lowest BCUT2D eigenvalue weighted by molar-refractivity contribution is -0.137. The summed E-state index contributed by atoms with van der Waals surface area (Å²) in [5.41, 5.74) is 5.64. The predicted octanol–water partition coefficient (Wildman–Crippen LogP) is 2.32. The second kappa shape index (κ2) is 6.43. The Morgan fingerprint density at radius 1 is 1.28 bits per heavy atom. The summed E-state index contributed by atoms with van der Waals surface area (Å²) < 4.78 is 37.2. The molecule has 0 bridgehead atoms. The molecule has 0 amide bonds. The van der Waals surface area contributed by atoms with E-state index in [2.05, 4.69) is 11.2 Å². The molecule has 0 aliphatic heterocycles. The van der Waals surface area contributed by atoms with Crippen LogP contribution in [-0.4, -0.2) is 13.1 Å². The van der Waals surface area contributed by atoms with Crippen molar-refractivity contribution in [1.29, 1.82) is 0 Å². The molecule has 0 heterocycles. The van der Waals surface area contributed by atoms with Crippen molar-refractivity contribution in [1.82, 2.24) is 5.32 Å². The minimum absolute atomic E-state index is 0.180. The fourth-order valence-corrected chi connectivity index (χ4v) is 1.56. The first-order valence-corrected chi connectivity index (χ1v) is 5.53. The molecule has 1 rings (SSSR count). The van der Waals surface area contributed by atoms with Crippen molar-refractivity contribution in [3.63, 3.8) is 0 Å². The molecule has 98 valence electrons. The van der Waals surface area contributed by atoms with Gasteiger partial charge in [-0.25, -0.2) is 0 Å². The second-order valence-electron chi connectivity index (χ2n) is 3.82. The lowest BCUT2D eigenvalue weighted by Crippen LogP contribution is -2.28. The van der Waals surface area contributed by atoms with Gasteiger partial charge in [0, 0.05) is 25.6 Å². The van der Waals surface area contributed by atoms with Gasteiger partial charge in [-0.1, -0.05) is 12.1 Å². The third kappa shape index (κ3) is 4.06. The van der Waals surface area contributed by atoms with Crippen LogP contribution in [-0.2, 0) is 6.18 Å². The zero-order valence-corrected chi connectivity index (χ0v) is 9.80. The molecule has 1 atom stereocenters. The molecule has 0 saturated heterocycles. The summed E-state index contributed by atoms with van der Waals surface area (Å²) >= 11 is 0. The van der Waals surface area contributed by atoms with E-state index in [4.69, 9.17) is 12.2 Å². The lowest BCUT2D eigenvalue weighted by Gasteiger charge is -2.17. The van der Waals surface area contributed by atoms with E-state index in [-0.39, 0.29) is 6.04 Å². The molecular weight excluding hydrogens is 241 g/mol. The molecule has 1 unspecified atom stereocenters. The van der Waals surface area contributed by atoms with Crippen LogP contribution in [0.1, 0.15) is 23.6 Å². The number of benzene rings is 1. The summed E-state index contributed by atoms with van der Waals surface area (Å²) in [4.78, 5) is 0. The van der Waals surface area contributed by atoms with Gasteiger partial charge in [0.05, 0.1) is 5.56 Å². The monoisotopic (exact) mass is 256 g/mol. The van der Waals surface area contributed by atoms with Gasteiger partial charge in [0.1, 0.15) is 0 Å². The van der Waals surface area contributed by atoms with Gasteiger partial charge in [0.25, 0.3) is 0 Å². The Morgan fingerprint density at radius 2 is 1.89 bits per heavy atom. The average molecular weight is 256 g/mol. The van der Waals surface area contributed by atoms with E-state index in [1.165, 1.54) is 12.1 Å². The molecule has 1 aromatic carbocycles. The van der Waals surface area contributed by atoms with Crippen molar-refractivity contribution in [2.24, 2.45) is 5.73 Å².